The maximum Gasteiger partial charge on any atom is 0.341 e. The molecule has 0 fully saturated rings. The van der Waals surface area contributed by atoms with Crippen LogP contribution in [0.2, 0.25) is 0 Å². The summed E-state index contributed by atoms with van der Waals surface area (Å²) in [6, 6.07) is 35.6. The molecule has 0 spiro atoms. The largest absolute Gasteiger partial charge is 0.465 e. The number of carbonyl (C=O) groups is 3. The molecule has 1 atom stereocenters. The van der Waals surface area contributed by atoms with Gasteiger partial charge in [-0.2, -0.15) is 0 Å². The van der Waals surface area contributed by atoms with Gasteiger partial charge in [-0.15, -0.1) is 23.1 Å². The van der Waals surface area contributed by atoms with Crippen LogP contribution in [0.3, 0.4) is 0 Å². The van der Waals surface area contributed by atoms with E-state index in [-0.39, 0.29) is 16.5 Å². The Balaban J connectivity index is 1.39. The summed E-state index contributed by atoms with van der Waals surface area (Å²) >= 11 is 7.87. The average Bonchev–Trinajstić information content (AvgIpc) is 3.39. The van der Waals surface area contributed by atoms with Crippen molar-refractivity contribution in [2.75, 3.05) is 28.4 Å². The van der Waals surface area contributed by atoms with Crippen LogP contribution >= 0.6 is 35.3 Å². The molecule has 4 aromatic carbocycles. The van der Waals surface area contributed by atoms with E-state index in [0.29, 0.717) is 21.2 Å². The molecule has 0 aliphatic carbocycles. The highest BCUT2D eigenvalue weighted by atomic mass is 32.2. The van der Waals surface area contributed by atoms with Crippen molar-refractivity contribution in [3.05, 3.63) is 137 Å². The number of methoxy groups -OCH3 is 1. The number of thiocarbonyl (C=S) groups is 1. The summed E-state index contributed by atoms with van der Waals surface area (Å²) in [7, 11) is 1.26. The number of amides is 2. The Morgan fingerprint density at radius 2 is 1.30 bits per heavy atom. The second kappa shape index (κ2) is 15.3. The van der Waals surface area contributed by atoms with Crippen molar-refractivity contribution in [2.24, 2.45) is 0 Å². The predicted molar refractivity (Wildman–Crippen MR) is 191 cm³/mol. The molecule has 232 valence electrons. The number of para-hydroxylation sites is 2. The van der Waals surface area contributed by atoms with E-state index in [2.05, 4.69) is 21.3 Å². The van der Waals surface area contributed by atoms with Gasteiger partial charge in [0.15, 0.2) is 5.11 Å². The highest BCUT2D eigenvalue weighted by molar-refractivity contribution is 8.00. The smallest absolute Gasteiger partial charge is 0.341 e. The number of nitrogens with one attached hydrogen (secondary N) is 4. The van der Waals surface area contributed by atoms with Crippen LogP contribution in [0.1, 0.15) is 36.4 Å². The second-order valence-corrected chi connectivity index (χ2v) is 12.6. The fourth-order valence-corrected chi connectivity index (χ4v) is 6.96. The molecular formula is C35H30N4O4S3. The van der Waals surface area contributed by atoms with Crippen molar-refractivity contribution >= 4 is 80.3 Å². The van der Waals surface area contributed by atoms with Crippen LogP contribution in [0.15, 0.2) is 120 Å². The number of esters is 1. The third-order valence-corrected chi connectivity index (χ3v) is 9.39. The molecular weight excluding hydrogens is 637 g/mol. The molecule has 5 rings (SSSR count). The van der Waals surface area contributed by atoms with Crippen molar-refractivity contribution in [1.82, 2.24) is 0 Å². The van der Waals surface area contributed by atoms with Gasteiger partial charge in [-0.3, -0.25) is 9.59 Å². The summed E-state index contributed by atoms with van der Waals surface area (Å²) in [5, 5.41) is 12.1. The van der Waals surface area contributed by atoms with E-state index in [4.69, 9.17) is 17.0 Å². The van der Waals surface area contributed by atoms with Crippen molar-refractivity contribution in [1.29, 1.82) is 0 Å². The fourth-order valence-electron chi connectivity index (χ4n) is 4.55. The van der Waals surface area contributed by atoms with Crippen LogP contribution in [-0.2, 0) is 9.53 Å². The highest BCUT2D eigenvalue weighted by Crippen LogP contribution is 2.40. The monoisotopic (exact) mass is 666 g/mol. The fraction of sp³-hybridized carbons (Fsp3) is 0.0857. The number of thiophene rings is 1. The lowest BCUT2D eigenvalue weighted by atomic mass is 10.1. The van der Waals surface area contributed by atoms with Gasteiger partial charge in [0.05, 0.1) is 17.6 Å². The minimum atomic E-state index is -0.694. The Hall–Kier alpha value is -4.97. The van der Waals surface area contributed by atoms with Crippen molar-refractivity contribution in [3.63, 3.8) is 0 Å². The molecule has 0 aliphatic heterocycles. The van der Waals surface area contributed by atoms with E-state index < -0.39 is 17.1 Å². The summed E-state index contributed by atoms with van der Waals surface area (Å²) in [6.45, 7) is 1.66. The van der Waals surface area contributed by atoms with Crippen LogP contribution < -0.4 is 21.3 Å². The molecule has 11 heteroatoms. The molecule has 0 saturated carbocycles. The maximum atomic E-state index is 14.0. The molecule has 0 radical (unpaired) electrons. The van der Waals surface area contributed by atoms with Crippen molar-refractivity contribution in [3.8, 4) is 0 Å². The minimum absolute atomic E-state index is 0.140. The Morgan fingerprint density at radius 3 is 1.93 bits per heavy atom. The van der Waals surface area contributed by atoms with Crippen LogP contribution in [-0.4, -0.2) is 30.0 Å². The third-order valence-electron chi connectivity index (χ3n) is 6.73. The van der Waals surface area contributed by atoms with Crippen LogP contribution in [0.25, 0.3) is 0 Å². The lowest BCUT2D eigenvalue weighted by molar-refractivity contribution is -0.115. The molecule has 0 bridgehead atoms. The van der Waals surface area contributed by atoms with E-state index >= 15 is 0 Å². The number of rotatable bonds is 10. The quantitative estimate of drug-likeness (QED) is 0.0669. The van der Waals surface area contributed by atoms with Gasteiger partial charge in [0, 0.05) is 22.0 Å². The first kappa shape index (κ1) is 32.4. The first-order valence-electron chi connectivity index (χ1n) is 14.2. The average molecular weight is 667 g/mol. The summed E-state index contributed by atoms with van der Waals surface area (Å²) in [5.74, 6) is -1.40. The molecule has 2 amide bonds. The van der Waals surface area contributed by atoms with Gasteiger partial charge in [0.25, 0.3) is 5.91 Å². The van der Waals surface area contributed by atoms with E-state index in [1.54, 1.807) is 19.1 Å². The lowest BCUT2D eigenvalue weighted by Crippen LogP contribution is -2.20. The molecule has 1 aromatic heterocycles. The van der Waals surface area contributed by atoms with E-state index in [1.807, 2.05) is 103 Å². The Kier molecular flexibility index (Phi) is 10.8. The SMILES string of the molecule is COC(=O)c1c(NC(=O)C(Sc2cccc(NC(=S)Nc3ccccc3)c2)c2ccccc2)sc(C(=O)Nc2ccccc2)c1C. The van der Waals surface area contributed by atoms with E-state index in [0.717, 1.165) is 33.2 Å². The van der Waals surface area contributed by atoms with Gasteiger partial charge in [-0.25, -0.2) is 4.79 Å². The Labute approximate surface area is 280 Å². The number of benzene rings is 4. The van der Waals surface area contributed by atoms with Gasteiger partial charge >= 0.3 is 5.97 Å². The number of hydrogen-bond donors (Lipinski definition) is 4. The van der Waals surface area contributed by atoms with Gasteiger partial charge in [0.2, 0.25) is 5.91 Å². The first-order valence-corrected chi connectivity index (χ1v) is 16.3. The molecule has 5 aromatic rings. The molecule has 1 unspecified atom stereocenters. The molecule has 1 heterocycles. The van der Waals surface area contributed by atoms with Gasteiger partial charge < -0.3 is 26.0 Å². The Morgan fingerprint density at radius 1 is 0.739 bits per heavy atom. The molecule has 4 N–H and O–H groups in total. The summed E-state index contributed by atoms with van der Waals surface area (Å²) in [4.78, 5) is 41.2. The van der Waals surface area contributed by atoms with E-state index in [9.17, 15) is 14.4 Å². The third kappa shape index (κ3) is 8.19. The summed E-state index contributed by atoms with van der Waals surface area (Å²) in [6.07, 6.45) is 0. The number of anilines is 4. The second-order valence-electron chi connectivity index (χ2n) is 9.94. The normalized spacial score (nSPS) is 11.2. The number of hydrogen-bond acceptors (Lipinski definition) is 7. The number of carbonyl (C=O) groups excluding carboxylic acids is 3. The Bertz CT molecular complexity index is 1850. The highest BCUT2D eigenvalue weighted by Gasteiger charge is 2.29. The predicted octanol–water partition coefficient (Wildman–Crippen LogP) is 8.38. The first-order chi connectivity index (χ1) is 22.3. The van der Waals surface area contributed by atoms with Gasteiger partial charge in [-0.1, -0.05) is 72.8 Å². The van der Waals surface area contributed by atoms with Crippen LogP contribution in [0, 0.1) is 6.92 Å². The summed E-state index contributed by atoms with van der Waals surface area (Å²) < 4.78 is 5.03. The lowest BCUT2D eigenvalue weighted by Gasteiger charge is -2.18. The maximum absolute atomic E-state index is 14.0. The number of ether oxygens (including phenoxy) is 1. The van der Waals surface area contributed by atoms with E-state index in [1.165, 1.54) is 18.9 Å². The van der Waals surface area contributed by atoms with Crippen molar-refractivity contribution in [2.45, 2.75) is 17.1 Å². The molecule has 46 heavy (non-hydrogen) atoms. The molecule has 8 nitrogen and oxygen atoms in total. The molecule has 0 aliphatic rings. The van der Waals surface area contributed by atoms with Crippen LogP contribution in [0.5, 0.6) is 0 Å². The summed E-state index contributed by atoms with van der Waals surface area (Å²) in [5.41, 5.74) is 3.55. The van der Waals surface area contributed by atoms with Crippen molar-refractivity contribution < 1.29 is 19.1 Å². The number of thioether (sulfide) groups is 1. The topological polar surface area (TPSA) is 109 Å². The zero-order chi connectivity index (χ0) is 32.5. The standard InChI is InChI=1S/C35H30N4O4S3/c1-22-28(34(42)43-2)33(46-29(22)31(40)36-24-15-8-4-9-16-24)39-32(41)30(23-13-6-3-7-14-23)45-27-20-12-19-26(21-27)38-35(44)37-25-17-10-5-11-18-25/h3-21,30H,1-2H3,(H,36,40)(H,39,41)(H2,37,38,44). The van der Waals surface area contributed by atoms with Gasteiger partial charge in [0.1, 0.15) is 10.3 Å². The molecule has 0 saturated heterocycles. The van der Waals surface area contributed by atoms with Gasteiger partial charge in [-0.05, 0) is 72.7 Å². The van der Waals surface area contributed by atoms with Crippen LogP contribution in [0.4, 0.5) is 22.1 Å². The zero-order valence-corrected chi connectivity index (χ0v) is 27.4. The minimum Gasteiger partial charge on any atom is -0.465 e. The zero-order valence-electron chi connectivity index (χ0n) is 24.9.